The minimum absolute atomic E-state index is 0.337. The fraction of sp³-hybridized carbons (Fsp3) is 0.300. The lowest BCUT2D eigenvalue weighted by atomic mass is 9.99. The van der Waals surface area contributed by atoms with Crippen molar-refractivity contribution in [3.8, 4) is 0 Å². The Bertz CT molecular complexity index is 305. The second kappa shape index (κ2) is 3.39. The molecule has 1 amide bonds. The van der Waals surface area contributed by atoms with Gasteiger partial charge >= 0.3 is 0 Å². The number of hydrogen-bond acceptors (Lipinski definition) is 1. The van der Waals surface area contributed by atoms with Crippen LogP contribution in [0.2, 0.25) is 0 Å². The van der Waals surface area contributed by atoms with Crippen LogP contribution in [-0.4, -0.2) is 5.91 Å². The Morgan fingerprint density at radius 3 is 2.58 bits per heavy atom. The quantitative estimate of drug-likeness (QED) is 0.707. The van der Waals surface area contributed by atoms with E-state index in [4.69, 9.17) is 5.73 Å². The largest absolute Gasteiger partial charge is 0.366 e. The number of rotatable bonds is 2. The first kappa shape index (κ1) is 8.78. The van der Waals surface area contributed by atoms with Gasteiger partial charge in [0.2, 0.25) is 5.91 Å². The van der Waals surface area contributed by atoms with E-state index in [0.29, 0.717) is 5.56 Å². The van der Waals surface area contributed by atoms with Gasteiger partial charge in [-0.15, -0.1) is 0 Å². The third-order valence-electron chi connectivity index (χ3n) is 2.03. The fourth-order valence-electron chi connectivity index (χ4n) is 1.40. The minimum atomic E-state index is -0.337. The summed E-state index contributed by atoms with van der Waals surface area (Å²) in [5.41, 5.74) is 8.06. The highest BCUT2D eigenvalue weighted by atomic mass is 16.1. The molecule has 0 spiro atoms. The van der Waals surface area contributed by atoms with Gasteiger partial charge in [0.25, 0.3) is 0 Å². The first-order valence-electron chi connectivity index (χ1n) is 4.05. The third kappa shape index (κ3) is 1.47. The van der Waals surface area contributed by atoms with E-state index < -0.39 is 0 Å². The molecule has 0 aliphatic heterocycles. The Balaban J connectivity index is 3.27. The van der Waals surface area contributed by atoms with Crippen LogP contribution in [0.1, 0.15) is 28.4 Å². The van der Waals surface area contributed by atoms with Crippen molar-refractivity contribution in [1.29, 1.82) is 0 Å². The van der Waals surface area contributed by atoms with Crippen molar-refractivity contribution in [2.24, 2.45) is 5.73 Å². The van der Waals surface area contributed by atoms with Crippen molar-refractivity contribution in [1.82, 2.24) is 0 Å². The van der Waals surface area contributed by atoms with Crippen LogP contribution in [0.5, 0.6) is 0 Å². The van der Waals surface area contributed by atoms with Gasteiger partial charge < -0.3 is 5.73 Å². The van der Waals surface area contributed by atoms with Crippen LogP contribution in [0.3, 0.4) is 0 Å². The lowest BCUT2D eigenvalue weighted by Gasteiger charge is -2.06. The van der Waals surface area contributed by atoms with Gasteiger partial charge in [-0.25, -0.2) is 0 Å². The topological polar surface area (TPSA) is 43.1 Å². The Hall–Kier alpha value is -1.31. The number of hydrogen-bond donors (Lipinski definition) is 1. The van der Waals surface area contributed by atoms with Crippen molar-refractivity contribution in [2.45, 2.75) is 20.3 Å². The molecular formula is C10H13NO. The molecule has 12 heavy (non-hydrogen) atoms. The standard InChI is InChI=1S/C10H13NO/c1-3-8-7(2)5-4-6-9(8)10(11)12/h4-6H,3H2,1-2H3,(H2,11,12). The fourth-order valence-corrected chi connectivity index (χ4v) is 1.40. The summed E-state index contributed by atoms with van der Waals surface area (Å²) in [4.78, 5) is 11.0. The molecule has 0 fully saturated rings. The first-order valence-corrected chi connectivity index (χ1v) is 4.05. The zero-order valence-electron chi connectivity index (χ0n) is 7.42. The minimum Gasteiger partial charge on any atom is -0.366 e. The molecule has 0 saturated heterocycles. The number of carbonyl (C=O) groups excluding carboxylic acids is 1. The van der Waals surface area contributed by atoms with Gasteiger partial charge in [-0.05, 0) is 30.5 Å². The Morgan fingerprint density at radius 1 is 1.50 bits per heavy atom. The van der Waals surface area contributed by atoms with Gasteiger partial charge in [0.15, 0.2) is 0 Å². The number of benzene rings is 1. The zero-order chi connectivity index (χ0) is 9.14. The van der Waals surface area contributed by atoms with Crippen LogP contribution in [0.4, 0.5) is 0 Å². The van der Waals surface area contributed by atoms with Crippen molar-refractivity contribution in [3.05, 3.63) is 34.9 Å². The molecule has 2 N–H and O–H groups in total. The van der Waals surface area contributed by atoms with Crippen molar-refractivity contribution in [2.75, 3.05) is 0 Å². The molecule has 0 bridgehead atoms. The van der Waals surface area contributed by atoms with Crippen LogP contribution >= 0.6 is 0 Å². The highest BCUT2D eigenvalue weighted by Crippen LogP contribution is 2.13. The average molecular weight is 163 g/mol. The van der Waals surface area contributed by atoms with Crippen LogP contribution in [0.15, 0.2) is 18.2 Å². The van der Waals surface area contributed by atoms with E-state index in [-0.39, 0.29) is 5.91 Å². The van der Waals surface area contributed by atoms with E-state index >= 15 is 0 Å². The van der Waals surface area contributed by atoms with Gasteiger partial charge in [-0.1, -0.05) is 19.1 Å². The van der Waals surface area contributed by atoms with Gasteiger partial charge in [-0.3, -0.25) is 4.79 Å². The molecule has 64 valence electrons. The first-order chi connectivity index (χ1) is 5.66. The number of nitrogens with two attached hydrogens (primary N) is 1. The molecule has 0 atom stereocenters. The molecule has 2 heteroatoms. The molecular weight excluding hydrogens is 150 g/mol. The SMILES string of the molecule is CCc1c(C)cccc1C(N)=O. The van der Waals surface area contributed by atoms with Crippen LogP contribution in [0, 0.1) is 6.92 Å². The second-order valence-electron chi connectivity index (χ2n) is 2.82. The second-order valence-corrected chi connectivity index (χ2v) is 2.82. The lowest BCUT2D eigenvalue weighted by Crippen LogP contribution is -2.14. The zero-order valence-corrected chi connectivity index (χ0v) is 7.42. The van der Waals surface area contributed by atoms with Gasteiger partial charge in [0.1, 0.15) is 0 Å². The van der Waals surface area contributed by atoms with Crippen molar-refractivity contribution < 1.29 is 4.79 Å². The van der Waals surface area contributed by atoms with E-state index in [9.17, 15) is 4.79 Å². The maximum absolute atomic E-state index is 11.0. The smallest absolute Gasteiger partial charge is 0.248 e. The maximum atomic E-state index is 11.0. The lowest BCUT2D eigenvalue weighted by molar-refractivity contribution is 0.0999. The molecule has 0 unspecified atom stereocenters. The van der Waals surface area contributed by atoms with Crippen LogP contribution in [0.25, 0.3) is 0 Å². The molecule has 0 heterocycles. The summed E-state index contributed by atoms with van der Waals surface area (Å²) >= 11 is 0. The van der Waals surface area contributed by atoms with E-state index in [0.717, 1.165) is 17.5 Å². The van der Waals surface area contributed by atoms with Gasteiger partial charge in [-0.2, -0.15) is 0 Å². The van der Waals surface area contributed by atoms with Gasteiger partial charge in [0, 0.05) is 5.56 Å². The molecule has 0 aromatic heterocycles. The summed E-state index contributed by atoms with van der Waals surface area (Å²) in [6, 6.07) is 5.62. The number of primary amides is 1. The van der Waals surface area contributed by atoms with Crippen molar-refractivity contribution in [3.63, 3.8) is 0 Å². The van der Waals surface area contributed by atoms with Crippen molar-refractivity contribution >= 4 is 5.91 Å². The summed E-state index contributed by atoms with van der Waals surface area (Å²) in [6.45, 7) is 4.01. The van der Waals surface area contributed by atoms with E-state index in [2.05, 4.69) is 0 Å². The monoisotopic (exact) mass is 163 g/mol. The Labute approximate surface area is 72.4 Å². The van der Waals surface area contributed by atoms with Crippen LogP contribution < -0.4 is 5.73 Å². The average Bonchev–Trinajstić information content (AvgIpc) is 2.03. The number of carbonyl (C=O) groups is 1. The third-order valence-corrected chi connectivity index (χ3v) is 2.03. The predicted molar refractivity (Wildman–Crippen MR) is 49.1 cm³/mol. The summed E-state index contributed by atoms with van der Waals surface area (Å²) < 4.78 is 0. The maximum Gasteiger partial charge on any atom is 0.248 e. The molecule has 1 rings (SSSR count). The summed E-state index contributed by atoms with van der Waals surface area (Å²) in [6.07, 6.45) is 0.852. The summed E-state index contributed by atoms with van der Waals surface area (Å²) in [5.74, 6) is -0.337. The predicted octanol–water partition coefficient (Wildman–Crippen LogP) is 1.66. The van der Waals surface area contributed by atoms with E-state index in [1.54, 1.807) is 6.07 Å². The molecule has 2 nitrogen and oxygen atoms in total. The molecule has 0 radical (unpaired) electrons. The molecule has 0 aliphatic rings. The van der Waals surface area contributed by atoms with E-state index in [1.165, 1.54) is 0 Å². The van der Waals surface area contributed by atoms with Crippen LogP contribution in [-0.2, 0) is 6.42 Å². The number of amides is 1. The normalized spacial score (nSPS) is 9.83. The van der Waals surface area contributed by atoms with E-state index in [1.807, 2.05) is 26.0 Å². The highest BCUT2D eigenvalue weighted by Gasteiger charge is 2.07. The Kier molecular flexibility index (Phi) is 2.48. The Morgan fingerprint density at radius 2 is 2.17 bits per heavy atom. The molecule has 0 saturated carbocycles. The summed E-state index contributed by atoms with van der Waals surface area (Å²) in [7, 11) is 0. The van der Waals surface area contributed by atoms with Gasteiger partial charge in [0.05, 0.1) is 0 Å². The molecule has 1 aromatic carbocycles. The molecule has 1 aromatic rings. The highest BCUT2D eigenvalue weighted by molar-refractivity contribution is 5.94. The number of aryl methyl sites for hydroxylation is 1. The molecule has 0 aliphatic carbocycles. The summed E-state index contributed by atoms with van der Waals surface area (Å²) in [5, 5.41) is 0.